The highest BCUT2D eigenvalue weighted by Crippen LogP contribution is 2.29. The molecule has 1 fully saturated rings. The number of aliphatic hydroxyl groups is 1. The molecule has 0 aromatic heterocycles. The average Bonchev–Trinajstić information content (AvgIpc) is 2.91. The van der Waals surface area contributed by atoms with Gasteiger partial charge in [0.15, 0.2) is 0 Å². The Kier molecular flexibility index (Phi) is 5.56. The number of carbonyl (C=O) groups is 2. The van der Waals surface area contributed by atoms with Gasteiger partial charge in [0.2, 0.25) is 0 Å². The van der Waals surface area contributed by atoms with Crippen LogP contribution in [0.2, 0.25) is 0 Å². The Morgan fingerprint density at radius 1 is 1.07 bits per heavy atom. The number of imide groups is 1. The van der Waals surface area contributed by atoms with E-state index in [1.165, 1.54) is 0 Å². The van der Waals surface area contributed by atoms with Gasteiger partial charge >= 0.3 is 6.03 Å². The summed E-state index contributed by atoms with van der Waals surface area (Å²) in [5.74, 6) is 0.856. The minimum atomic E-state index is -1.15. The van der Waals surface area contributed by atoms with Gasteiger partial charge in [-0.3, -0.25) is 9.69 Å². The number of benzene rings is 2. The van der Waals surface area contributed by atoms with E-state index in [1.54, 1.807) is 38.3 Å². The zero-order chi connectivity index (χ0) is 20.3. The summed E-state index contributed by atoms with van der Waals surface area (Å²) >= 11 is 0. The molecular weight excluding hydrogens is 360 g/mol. The molecule has 28 heavy (non-hydrogen) atoms. The quantitative estimate of drug-likeness (QED) is 0.715. The van der Waals surface area contributed by atoms with Crippen molar-refractivity contribution in [1.29, 1.82) is 0 Å². The topological polar surface area (TPSA) is 88.1 Å². The van der Waals surface area contributed by atoms with E-state index in [2.05, 4.69) is 5.32 Å². The number of hydrogen-bond donors (Lipinski definition) is 2. The van der Waals surface area contributed by atoms with E-state index >= 15 is 0 Å². The summed E-state index contributed by atoms with van der Waals surface area (Å²) in [6.07, 6.45) is -1.02. The summed E-state index contributed by atoms with van der Waals surface area (Å²) in [5, 5.41) is 13.0. The van der Waals surface area contributed by atoms with E-state index in [0.717, 1.165) is 10.5 Å². The Labute approximate surface area is 163 Å². The number of rotatable bonds is 7. The van der Waals surface area contributed by atoms with Crippen molar-refractivity contribution in [1.82, 2.24) is 10.2 Å². The van der Waals surface area contributed by atoms with Crippen LogP contribution in [0, 0.1) is 6.92 Å². The number of nitrogens with one attached hydrogen (secondary N) is 1. The first-order valence-electron chi connectivity index (χ1n) is 8.99. The number of aliphatic hydroxyl groups excluding tert-OH is 1. The molecule has 2 N–H and O–H groups in total. The Morgan fingerprint density at radius 3 is 2.29 bits per heavy atom. The molecule has 3 amide bonds. The lowest BCUT2D eigenvalue weighted by molar-refractivity contribution is -0.132. The summed E-state index contributed by atoms with van der Waals surface area (Å²) in [6, 6.07) is 13.8. The van der Waals surface area contributed by atoms with Crippen molar-refractivity contribution in [2.75, 3.05) is 20.3 Å². The van der Waals surface area contributed by atoms with Crippen molar-refractivity contribution in [2.45, 2.75) is 25.5 Å². The van der Waals surface area contributed by atoms with Crippen molar-refractivity contribution in [3.63, 3.8) is 0 Å². The van der Waals surface area contributed by atoms with Gasteiger partial charge in [-0.05, 0) is 43.7 Å². The fourth-order valence-electron chi connectivity index (χ4n) is 3.07. The fourth-order valence-corrected chi connectivity index (χ4v) is 3.07. The molecule has 1 saturated heterocycles. The molecule has 0 unspecified atom stereocenters. The molecule has 2 aromatic carbocycles. The van der Waals surface area contributed by atoms with Crippen LogP contribution in [0.25, 0.3) is 0 Å². The van der Waals surface area contributed by atoms with Gasteiger partial charge in [0, 0.05) is 0 Å². The summed E-state index contributed by atoms with van der Waals surface area (Å²) in [7, 11) is 1.57. The lowest BCUT2D eigenvalue weighted by Crippen LogP contribution is -2.42. The third kappa shape index (κ3) is 3.94. The minimum absolute atomic E-state index is 0.0510. The van der Waals surface area contributed by atoms with Crippen molar-refractivity contribution in [3.05, 3.63) is 59.7 Å². The molecule has 0 bridgehead atoms. The highest BCUT2D eigenvalue weighted by atomic mass is 16.5. The molecule has 148 valence electrons. The summed E-state index contributed by atoms with van der Waals surface area (Å²) in [4.78, 5) is 26.3. The molecule has 7 nitrogen and oxygen atoms in total. The molecule has 2 aromatic rings. The molecule has 1 aliphatic rings. The van der Waals surface area contributed by atoms with Gasteiger partial charge in [0.25, 0.3) is 5.91 Å². The number of carbonyl (C=O) groups excluding carboxylic acids is 2. The Bertz CT molecular complexity index is 850. The van der Waals surface area contributed by atoms with E-state index in [-0.39, 0.29) is 13.2 Å². The second-order valence-corrected chi connectivity index (χ2v) is 6.98. The Balaban J connectivity index is 1.62. The summed E-state index contributed by atoms with van der Waals surface area (Å²) in [6.45, 7) is 3.41. The molecule has 2 atom stereocenters. The molecule has 0 spiro atoms. The highest BCUT2D eigenvalue weighted by Gasteiger charge is 2.49. The second-order valence-electron chi connectivity index (χ2n) is 6.98. The van der Waals surface area contributed by atoms with Gasteiger partial charge in [-0.15, -0.1) is 0 Å². The number of amides is 3. The fraction of sp³-hybridized carbons (Fsp3) is 0.333. The number of hydrogen-bond acceptors (Lipinski definition) is 5. The van der Waals surface area contributed by atoms with Crippen LogP contribution in [0.3, 0.4) is 0 Å². The average molecular weight is 384 g/mol. The van der Waals surface area contributed by atoms with Crippen LogP contribution in [0.4, 0.5) is 4.79 Å². The number of methoxy groups -OCH3 is 1. The van der Waals surface area contributed by atoms with Gasteiger partial charge in [-0.2, -0.15) is 0 Å². The van der Waals surface area contributed by atoms with Crippen LogP contribution in [-0.4, -0.2) is 48.3 Å². The van der Waals surface area contributed by atoms with Crippen LogP contribution >= 0.6 is 0 Å². The lowest BCUT2D eigenvalue weighted by atomic mass is 9.91. The molecule has 1 heterocycles. The Morgan fingerprint density at radius 2 is 1.68 bits per heavy atom. The first-order chi connectivity index (χ1) is 13.3. The van der Waals surface area contributed by atoms with Gasteiger partial charge in [-0.1, -0.05) is 29.8 Å². The van der Waals surface area contributed by atoms with Crippen LogP contribution in [-0.2, 0) is 10.3 Å². The van der Waals surface area contributed by atoms with E-state index < -0.39 is 23.6 Å². The Hall–Kier alpha value is -3.06. The third-order valence-corrected chi connectivity index (χ3v) is 4.80. The van der Waals surface area contributed by atoms with Gasteiger partial charge < -0.3 is 19.9 Å². The van der Waals surface area contributed by atoms with Crippen molar-refractivity contribution >= 4 is 11.9 Å². The maximum absolute atomic E-state index is 12.9. The van der Waals surface area contributed by atoms with Gasteiger partial charge in [-0.25, -0.2) is 4.79 Å². The van der Waals surface area contributed by atoms with Crippen molar-refractivity contribution in [3.8, 4) is 11.5 Å². The first-order valence-corrected chi connectivity index (χ1v) is 8.99. The number of β-amino-alcohol motifs (C(OH)–C–C–N with tert-alkyl or cyclic N) is 1. The normalized spacial score (nSPS) is 20.1. The number of aryl methyl sites for hydroxylation is 1. The van der Waals surface area contributed by atoms with Crippen LogP contribution < -0.4 is 14.8 Å². The first kappa shape index (κ1) is 19.7. The monoisotopic (exact) mass is 384 g/mol. The van der Waals surface area contributed by atoms with E-state index in [9.17, 15) is 14.7 Å². The highest BCUT2D eigenvalue weighted by molar-refractivity contribution is 6.07. The summed E-state index contributed by atoms with van der Waals surface area (Å²) in [5.41, 5.74) is 0.608. The molecular formula is C21H24N2O5. The molecule has 0 aliphatic carbocycles. The van der Waals surface area contributed by atoms with Crippen LogP contribution in [0.5, 0.6) is 11.5 Å². The number of urea groups is 1. The SMILES string of the molecule is COc1ccc(OC[C@@H](O)CN2C(=O)N[C@](C)(c3ccc(C)cc3)C2=O)cc1. The van der Waals surface area contributed by atoms with Gasteiger partial charge in [0.1, 0.15) is 29.7 Å². The zero-order valence-corrected chi connectivity index (χ0v) is 16.1. The summed E-state index contributed by atoms with van der Waals surface area (Å²) < 4.78 is 10.6. The maximum Gasteiger partial charge on any atom is 0.325 e. The van der Waals surface area contributed by atoms with Crippen LogP contribution in [0.15, 0.2) is 48.5 Å². The molecule has 7 heteroatoms. The van der Waals surface area contributed by atoms with E-state index in [4.69, 9.17) is 9.47 Å². The molecule has 1 aliphatic heterocycles. The van der Waals surface area contributed by atoms with Crippen LogP contribution in [0.1, 0.15) is 18.1 Å². The predicted molar refractivity (Wildman–Crippen MR) is 103 cm³/mol. The van der Waals surface area contributed by atoms with E-state index in [0.29, 0.717) is 17.1 Å². The molecule has 0 radical (unpaired) electrons. The number of nitrogens with zero attached hydrogens (tertiary/aromatic N) is 1. The zero-order valence-electron chi connectivity index (χ0n) is 16.1. The smallest absolute Gasteiger partial charge is 0.325 e. The van der Waals surface area contributed by atoms with Crippen molar-refractivity contribution < 1.29 is 24.2 Å². The molecule has 3 rings (SSSR count). The largest absolute Gasteiger partial charge is 0.497 e. The number of ether oxygens (including phenoxy) is 2. The lowest BCUT2D eigenvalue weighted by Gasteiger charge is -2.23. The standard InChI is InChI=1S/C21H24N2O5/c1-14-4-6-15(7-5-14)21(2)19(25)23(20(26)22-21)12-16(24)13-28-18-10-8-17(27-3)9-11-18/h4-11,16,24H,12-13H2,1-3H3,(H,22,26)/t16-,21+/m0/s1. The predicted octanol–water partition coefficient (Wildman–Crippen LogP) is 2.21. The third-order valence-electron chi connectivity index (χ3n) is 4.80. The maximum atomic E-state index is 12.9. The second kappa shape index (κ2) is 7.90. The molecule has 0 saturated carbocycles. The van der Waals surface area contributed by atoms with E-state index in [1.807, 2.05) is 31.2 Å². The van der Waals surface area contributed by atoms with Gasteiger partial charge in [0.05, 0.1) is 13.7 Å². The van der Waals surface area contributed by atoms with Crippen molar-refractivity contribution in [2.24, 2.45) is 0 Å². The minimum Gasteiger partial charge on any atom is -0.497 e.